The topological polar surface area (TPSA) is 29.5 Å². The first-order valence-corrected chi connectivity index (χ1v) is 8.16. The molecule has 1 N–H and O–H groups in total. The van der Waals surface area contributed by atoms with Gasteiger partial charge in [-0.15, -0.1) is 0 Å². The molecule has 0 aliphatic rings. The molecule has 0 radical (unpaired) electrons. The lowest BCUT2D eigenvalue weighted by Gasteiger charge is -2.16. The quantitative estimate of drug-likeness (QED) is 0.611. The van der Waals surface area contributed by atoms with E-state index >= 15 is 0 Å². The van der Waals surface area contributed by atoms with E-state index in [0.717, 1.165) is 29.4 Å². The second-order valence-corrected chi connectivity index (χ2v) is 6.89. The summed E-state index contributed by atoms with van der Waals surface area (Å²) >= 11 is 9.13. The van der Waals surface area contributed by atoms with Gasteiger partial charge in [-0.05, 0) is 64.0 Å². The molecule has 19 heavy (non-hydrogen) atoms. The Morgan fingerprint density at radius 2 is 1.84 bits per heavy atom. The summed E-state index contributed by atoms with van der Waals surface area (Å²) in [4.78, 5) is 0. The molecule has 0 amide bonds. The zero-order chi connectivity index (χ0) is 14.0. The van der Waals surface area contributed by atoms with Crippen molar-refractivity contribution in [1.29, 1.82) is 0 Å². The zero-order valence-electron chi connectivity index (χ0n) is 10.0. The molecule has 0 spiro atoms. The molecule has 2 aromatic carbocycles. The molecule has 0 saturated heterocycles. The molecule has 0 fully saturated rings. The highest BCUT2D eigenvalue weighted by molar-refractivity contribution is 14.1. The van der Waals surface area contributed by atoms with Gasteiger partial charge in [0.05, 0.1) is 7.11 Å². The third kappa shape index (κ3) is 3.51. The van der Waals surface area contributed by atoms with E-state index in [1.54, 1.807) is 7.11 Å². The first-order valence-electron chi connectivity index (χ1n) is 5.49. The summed E-state index contributed by atoms with van der Waals surface area (Å²) in [5.74, 6) is 0.756. The summed E-state index contributed by atoms with van der Waals surface area (Å²) < 4.78 is 7.96. The van der Waals surface area contributed by atoms with Gasteiger partial charge in [-0.1, -0.05) is 37.9 Å². The van der Waals surface area contributed by atoms with Crippen LogP contribution in [0.1, 0.15) is 17.2 Å². The third-order valence-electron chi connectivity index (χ3n) is 2.75. The number of ether oxygens (including phenoxy) is 1. The van der Waals surface area contributed by atoms with E-state index in [4.69, 9.17) is 4.74 Å². The van der Waals surface area contributed by atoms with Gasteiger partial charge in [-0.3, -0.25) is 0 Å². The van der Waals surface area contributed by atoms with Crippen LogP contribution >= 0.6 is 54.5 Å². The molecule has 100 valence electrons. The molecule has 0 aliphatic carbocycles. The summed E-state index contributed by atoms with van der Waals surface area (Å²) in [5.41, 5.74) is 1.69. The summed E-state index contributed by atoms with van der Waals surface area (Å²) in [7, 11) is 1.62. The van der Waals surface area contributed by atoms with Crippen molar-refractivity contribution in [2.45, 2.75) is 6.10 Å². The van der Waals surface area contributed by atoms with E-state index in [-0.39, 0.29) is 0 Å². The molecule has 0 aromatic heterocycles. The lowest BCUT2D eigenvalue weighted by Crippen LogP contribution is -2.03. The number of halogens is 3. The van der Waals surface area contributed by atoms with E-state index in [2.05, 4.69) is 54.5 Å². The predicted octanol–water partition coefficient (Wildman–Crippen LogP) is 4.91. The monoisotopic (exact) mass is 496 g/mol. The van der Waals surface area contributed by atoms with E-state index < -0.39 is 6.10 Å². The van der Waals surface area contributed by atoms with Crippen LogP contribution in [0.2, 0.25) is 0 Å². The second-order valence-electron chi connectivity index (χ2n) is 3.96. The molecule has 0 bridgehead atoms. The molecule has 0 saturated carbocycles. The molecule has 1 atom stereocenters. The predicted molar refractivity (Wildman–Crippen MR) is 91.6 cm³/mol. The number of aliphatic hydroxyl groups excluding tert-OH is 1. The highest BCUT2D eigenvalue weighted by Crippen LogP contribution is 2.34. The number of hydrogen-bond donors (Lipinski definition) is 1. The fourth-order valence-corrected chi connectivity index (χ4v) is 3.33. The van der Waals surface area contributed by atoms with Crippen LogP contribution in [-0.2, 0) is 0 Å². The Hall–Kier alpha value is -0.110. The van der Waals surface area contributed by atoms with Crippen molar-refractivity contribution in [1.82, 2.24) is 0 Å². The van der Waals surface area contributed by atoms with Crippen LogP contribution < -0.4 is 4.74 Å². The summed E-state index contributed by atoms with van der Waals surface area (Å²) in [6, 6.07) is 11.4. The molecule has 5 heteroatoms. The van der Waals surface area contributed by atoms with E-state index in [0.29, 0.717) is 0 Å². The lowest BCUT2D eigenvalue weighted by atomic mass is 10.0. The molecular formula is C14H11Br2IO2. The van der Waals surface area contributed by atoms with Crippen molar-refractivity contribution in [3.63, 3.8) is 0 Å². The van der Waals surface area contributed by atoms with Crippen LogP contribution in [0.5, 0.6) is 5.75 Å². The maximum Gasteiger partial charge on any atom is 0.120 e. The Bertz CT molecular complexity index is 602. The molecule has 1 unspecified atom stereocenters. The highest BCUT2D eigenvalue weighted by atomic mass is 127. The molecule has 2 nitrogen and oxygen atoms in total. The zero-order valence-corrected chi connectivity index (χ0v) is 15.4. The SMILES string of the molecule is COc1ccc(C(O)c2cc(Br)ccc2I)c(Br)c1. The minimum absolute atomic E-state index is 0.676. The van der Waals surface area contributed by atoms with Crippen molar-refractivity contribution >= 4 is 54.5 Å². The van der Waals surface area contributed by atoms with Gasteiger partial charge in [0.25, 0.3) is 0 Å². The van der Waals surface area contributed by atoms with Crippen LogP contribution in [0.15, 0.2) is 45.3 Å². The molecular weight excluding hydrogens is 487 g/mol. The number of hydrogen-bond acceptors (Lipinski definition) is 2. The van der Waals surface area contributed by atoms with Crippen molar-refractivity contribution in [3.8, 4) is 5.75 Å². The fraction of sp³-hybridized carbons (Fsp3) is 0.143. The number of methoxy groups -OCH3 is 1. The third-order valence-corrected chi connectivity index (χ3v) is 4.92. The Morgan fingerprint density at radius 1 is 1.11 bits per heavy atom. The van der Waals surface area contributed by atoms with Crippen molar-refractivity contribution in [2.75, 3.05) is 7.11 Å². The van der Waals surface area contributed by atoms with Gasteiger partial charge in [0.15, 0.2) is 0 Å². The Balaban J connectivity index is 2.43. The van der Waals surface area contributed by atoms with Crippen LogP contribution in [0.25, 0.3) is 0 Å². The summed E-state index contributed by atoms with van der Waals surface area (Å²) in [6.07, 6.45) is -0.676. The normalized spacial score (nSPS) is 12.3. The van der Waals surface area contributed by atoms with Crippen LogP contribution in [0.4, 0.5) is 0 Å². The van der Waals surface area contributed by atoms with Crippen molar-refractivity contribution in [2.24, 2.45) is 0 Å². The van der Waals surface area contributed by atoms with Crippen molar-refractivity contribution < 1.29 is 9.84 Å². The maximum atomic E-state index is 10.5. The molecule has 2 rings (SSSR count). The van der Waals surface area contributed by atoms with E-state index in [1.807, 2.05) is 36.4 Å². The second kappa shape index (κ2) is 6.56. The van der Waals surface area contributed by atoms with Gasteiger partial charge in [0.1, 0.15) is 11.9 Å². The molecule has 2 aromatic rings. The standard InChI is InChI=1S/C14H11Br2IO2/c1-19-9-3-4-10(12(16)7-9)14(18)11-6-8(15)2-5-13(11)17/h2-7,14,18H,1H3. The first-order chi connectivity index (χ1) is 9.02. The summed E-state index contributed by atoms with van der Waals surface area (Å²) in [6.45, 7) is 0. The number of benzene rings is 2. The first kappa shape index (κ1) is 15.3. The Labute approximate surface area is 142 Å². The van der Waals surface area contributed by atoms with Gasteiger partial charge in [0.2, 0.25) is 0 Å². The summed E-state index contributed by atoms with van der Waals surface area (Å²) in [5, 5.41) is 10.5. The van der Waals surface area contributed by atoms with Crippen LogP contribution in [0, 0.1) is 3.57 Å². The minimum atomic E-state index is -0.676. The van der Waals surface area contributed by atoms with E-state index in [9.17, 15) is 5.11 Å². The number of aliphatic hydroxyl groups is 1. The maximum absolute atomic E-state index is 10.5. The average molecular weight is 498 g/mol. The number of rotatable bonds is 3. The largest absolute Gasteiger partial charge is 0.497 e. The van der Waals surface area contributed by atoms with Gasteiger partial charge in [-0.2, -0.15) is 0 Å². The van der Waals surface area contributed by atoms with Gasteiger partial charge in [-0.25, -0.2) is 0 Å². The fourth-order valence-electron chi connectivity index (χ4n) is 1.75. The highest BCUT2D eigenvalue weighted by Gasteiger charge is 2.17. The molecule has 0 aliphatic heterocycles. The minimum Gasteiger partial charge on any atom is -0.497 e. The van der Waals surface area contributed by atoms with Crippen LogP contribution in [-0.4, -0.2) is 12.2 Å². The van der Waals surface area contributed by atoms with Gasteiger partial charge < -0.3 is 9.84 Å². The smallest absolute Gasteiger partial charge is 0.120 e. The Morgan fingerprint density at radius 3 is 2.47 bits per heavy atom. The average Bonchev–Trinajstić information content (AvgIpc) is 2.40. The van der Waals surface area contributed by atoms with Crippen LogP contribution in [0.3, 0.4) is 0 Å². The van der Waals surface area contributed by atoms with E-state index in [1.165, 1.54) is 0 Å². The molecule has 0 heterocycles. The van der Waals surface area contributed by atoms with Gasteiger partial charge in [0, 0.05) is 12.5 Å². The van der Waals surface area contributed by atoms with Gasteiger partial charge >= 0.3 is 0 Å². The lowest BCUT2D eigenvalue weighted by molar-refractivity contribution is 0.218. The Kier molecular flexibility index (Phi) is 5.28. The van der Waals surface area contributed by atoms with Crippen molar-refractivity contribution in [3.05, 3.63) is 60.0 Å².